The Labute approximate surface area is 106 Å². The Balaban J connectivity index is 2.18. The van der Waals surface area contributed by atoms with E-state index in [1.807, 2.05) is 0 Å². The number of nitrogens with one attached hydrogen (secondary N) is 2. The summed E-state index contributed by atoms with van der Waals surface area (Å²) in [7, 11) is 0. The van der Waals surface area contributed by atoms with Crippen molar-refractivity contribution in [1.82, 2.24) is 10.2 Å². The molecular formula is C11H9F2N5O. The van der Waals surface area contributed by atoms with E-state index in [2.05, 4.69) is 20.9 Å². The van der Waals surface area contributed by atoms with E-state index in [0.29, 0.717) is 0 Å². The van der Waals surface area contributed by atoms with Crippen LogP contribution in [0, 0.1) is 11.6 Å². The summed E-state index contributed by atoms with van der Waals surface area (Å²) in [6.07, 6.45) is 0. The number of hydrazine groups is 1. The normalized spacial score (nSPS) is 10.1. The van der Waals surface area contributed by atoms with E-state index in [1.54, 1.807) is 0 Å². The summed E-state index contributed by atoms with van der Waals surface area (Å²) in [5.74, 6) is 3.25. The van der Waals surface area contributed by atoms with Gasteiger partial charge in [-0.3, -0.25) is 4.79 Å². The van der Waals surface area contributed by atoms with Gasteiger partial charge in [0.2, 0.25) is 0 Å². The second-order valence-corrected chi connectivity index (χ2v) is 3.53. The minimum atomic E-state index is -0.747. The Morgan fingerprint density at radius 2 is 1.95 bits per heavy atom. The van der Waals surface area contributed by atoms with Crippen molar-refractivity contribution in [3.8, 4) is 0 Å². The van der Waals surface area contributed by atoms with Gasteiger partial charge in [-0.25, -0.2) is 14.6 Å². The molecule has 1 heterocycles. The van der Waals surface area contributed by atoms with Crippen LogP contribution in [0.4, 0.5) is 20.3 Å². The molecule has 0 radical (unpaired) electrons. The highest BCUT2D eigenvalue weighted by Crippen LogP contribution is 2.16. The summed E-state index contributed by atoms with van der Waals surface area (Å²) in [6, 6.07) is 5.50. The molecule has 1 aromatic heterocycles. The zero-order chi connectivity index (χ0) is 13.8. The smallest absolute Gasteiger partial charge is 0.276 e. The summed E-state index contributed by atoms with van der Waals surface area (Å²) in [4.78, 5) is 11.7. The van der Waals surface area contributed by atoms with Gasteiger partial charge in [-0.1, -0.05) is 0 Å². The van der Waals surface area contributed by atoms with Crippen LogP contribution in [0.1, 0.15) is 10.5 Å². The number of anilines is 2. The molecule has 0 bridgehead atoms. The number of nitrogens with two attached hydrogens (primary N) is 1. The van der Waals surface area contributed by atoms with Gasteiger partial charge in [-0.15, -0.1) is 10.2 Å². The number of hydrogen-bond acceptors (Lipinski definition) is 5. The summed E-state index contributed by atoms with van der Waals surface area (Å²) in [5, 5.41) is 9.36. The van der Waals surface area contributed by atoms with E-state index in [1.165, 1.54) is 12.1 Å². The van der Waals surface area contributed by atoms with Crippen molar-refractivity contribution >= 4 is 17.4 Å². The van der Waals surface area contributed by atoms with Crippen LogP contribution in [-0.4, -0.2) is 16.1 Å². The predicted molar refractivity (Wildman–Crippen MR) is 64.2 cm³/mol. The molecule has 2 aromatic rings. The van der Waals surface area contributed by atoms with Crippen molar-refractivity contribution in [2.45, 2.75) is 0 Å². The Kier molecular flexibility index (Phi) is 3.62. The summed E-state index contributed by atoms with van der Waals surface area (Å²) >= 11 is 0. The fraction of sp³-hybridized carbons (Fsp3) is 0. The van der Waals surface area contributed by atoms with Crippen LogP contribution < -0.4 is 16.6 Å². The molecule has 98 valence electrons. The third-order valence-corrected chi connectivity index (χ3v) is 2.22. The number of carbonyl (C=O) groups is 1. The Morgan fingerprint density at radius 3 is 2.58 bits per heavy atom. The second kappa shape index (κ2) is 5.36. The lowest BCUT2D eigenvalue weighted by atomic mass is 10.2. The molecule has 0 saturated heterocycles. The van der Waals surface area contributed by atoms with Crippen molar-refractivity contribution < 1.29 is 13.6 Å². The fourth-order valence-electron chi connectivity index (χ4n) is 1.31. The highest BCUT2D eigenvalue weighted by molar-refractivity contribution is 6.02. The zero-order valence-electron chi connectivity index (χ0n) is 9.52. The van der Waals surface area contributed by atoms with Gasteiger partial charge < -0.3 is 10.7 Å². The van der Waals surface area contributed by atoms with Crippen molar-refractivity contribution in [1.29, 1.82) is 0 Å². The van der Waals surface area contributed by atoms with E-state index < -0.39 is 17.5 Å². The van der Waals surface area contributed by atoms with E-state index in [4.69, 9.17) is 5.84 Å². The molecule has 1 aromatic carbocycles. The lowest BCUT2D eigenvalue weighted by Gasteiger charge is -2.06. The summed E-state index contributed by atoms with van der Waals surface area (Å²) < 4.78 is 26.3. The number of carbonyl (C=O) groups excluding carboxylic acids is 1. The van der Waals surface area contributed by atoms with E-state index in [0.717, 1.165) is 18.2 Å². The Morgan fingerprint density at radius 1 is 1.16 bits per heavy atom. The molecular weight excluding hydrogens is 256 g/mol. The lowest BCUT2D eigenvalue weighted by Crippen LogP contribution is -2.16. The zero-order valence-corrected chi connectivity index (χ0v) is 9.52. The molecule has 0 unspecified atom stereocenters. The fourth-order valence-corrected chi connectivity index (χ4v) is 1.31. The monoisotopic (exact) mass is 265 g/mol. The minimum Gasteiger partial charge on any atom is -0.318 e. The number of halogens is 2. The minimum absolute atomic E-state index is 0.0531. The van der Waals surface area contributed by atoms with Crippen LogP contribution in [0.25, 0.3) is 0 Å². The topological polar surface area (TPSA) is 92.9 Å². The van der Waals surface area contributed by atoms with Crippen molar-refractivity contribution in [3.63, 3.8) is 0 Å². The maximum Gasteiger partial charge on any atom is 0.276 e. The van der Waals surface area contributed by atoms with Crippen LogP contribution in [0.5, 0.6) is 0 Å². The molecule has 4 N–H and O–H groups in total. The first-order chi connectivity index (χ1) is 9.10. The highest BCUT2D eigenvalue weighted by atomic mass is 19.1. The van der Waals surface area contributed by atoms with E-state index in [9.17, 15) is 13.6 Å². The van der Waals surface area contributed by atoms with Crippen LogP contribution in [0.3, 0.4) is 0 Å². The SMILES string of the molecule is NNc1ccc(C(=O)Nc2cc(F)ccc2F)nn1. The van der Waals surface area contributed by atoms with Gasteiger partial charge in [0.05, 0.1) is 5.69 Å². The molecule has 2 rings (SSSR count). The molecule has 6 nitrogen and oxygen atoms in total. The first kappa shape index (κ1) is 12.8. The van der Waals surface area contributed by atoms with Gasteiger partial charge in [0.1, 0.15) is 11.6 Å². The number of amides is 1. The molecule has 0 aliphatic rings. The Bertz CT molecular complexity index is 603. The maximum atomic E-state index is 13.3. The van der Waals surface area contributed by atoms with Gasteiger partial charge in [-0.05, 0) is 24.3 Å². The van der Waals surface area contributed by atoms with Crippen LogP contribution in [-0.2, 0) is 0 Å². The number of hydrogen-bond donors (Lipinski definition) is 3. The molecule has 19 heavy (non-hydrogen) atoms. The van der Waals surface area contributed by atoms with Gasteiger partial charge in [0, 0.05) is 6.07 Å². The number of nitrogen functional groups attached to an aromatic ring is 1. The standard InChI is InChI=1S/C11H9F2N5O/c12-6-1-2-7(13)9(5-6)15-11(19)8-3-4-10(16-14)18-17-8/h1-5H,14H2,(H,15,19)(H,16,18). The maximum absolute atomic E-state index is 13.3. The predicted octanol–water partition coefficient (Wildman–Crippen LogP) is 1.29. The molecule has 0 fully saturated rings. The van der Waals surface area contributed by atoms with Gasteiger partial charge >= 0.3 is 0 Å². The number of aromatic nitrogens is 2. The summed E-state index contributed by atoms with van der Waals surface area (Å²) in [6.45, 7) is 0. The number of benzene rings is 1. The molecule has 0 atom stereocenters. The average molecular weight is 265 g/mol. The number of nitrogens with zero attached hydrogens (tertiary/aromatic N) is 2. The van der Waals surface area contributed by atoms with Crippen LogP contribution >= 0.6 is 0 Å². The number of rotatable bonds is 3. The molecule has 0 aliphatic heterocycles. The van der Waals surface area contributed by atoms with E-state index in [-0.39, 0.29) is 17.2 Å². The average Bonchev–Trinajstić information content (AvgIpc) is 2.43. The largest absolute Gasteiger partial charge is 0.318 e. The first-order valence-electron chi connectivity index (χ1n) is 5.17. The summed E-state index contributed by atoms with van der Waals surface area (Å²) in [5.41, 5.74) is 1.92. The van der Waals surface area contributed by atoms with Gasteiger partial charge in [0.25, 0.3) is 5.91 Å². The first-order valence-corrected chi connectivity index (χ1v) is 5.17. The molecule has 1 amide bonds. The third kappa shape index (κ3) is 2.99. The quantitative estimate of drug-likeness (QED) is 0.574. The molecule has 0 aliphatic carbocycles. The van der Waals surface area contributed by atoms with Crippen molar-refractivity contribution in [2.75, 3.05) is 10.7 Å². The van der Waals surface area contributed by atoms with Gasteiger partial charge in [-0.2, -0.15) is 0 Å². The van der Waals surface area contributed by atoms with E-state index >= 15 is 0 Å². The van der Waals surface area contributed by atoms with Crippen LogP contribution in [0.15, 0.2) is 30.3 Å². The van der Waals surface area contributed by atoms with Crippen molar-refractivity contribution in [3.05, 3.63) is 47.7 Å². The lowest BCUT2D eigenvalue weighted by molar-refractivity contribution is 0.102. The molecule has 0 spiro atoms. The van der Waals surface area contributed by atoms with Crippen LogP contribution in [0.2, 0.25) is 0 Å². The molecule has 8 heteroatoms. The van der Waals surface area contributed by atoms with Gasteiger partial charge in [0.15, 0.2) is 11.5 Å². The Hall–Kier alpha value is -2.61. The third-order valence-electron chi connectivity index (χ3n) is 2.22. The molecule has 0 saturated carbocycles. The highest BCUT2D eigenvalue weighted by Gasteiger charge is 2.12. The second-order valence-electron chi connectivity index (χ2n) is 3.53. The van der Waals surface area contributed by atoms with Crippen molar-refractivity contribution in [2.24, 2.45) is 5.84 Å².